The number of hydrogen-bond acceptors (Lipinski definition) is 2. The molecule has 1 unspecified atom stereocenters. The van der Waals surface area contributed by atoms with Crippen molar-refractivity contribution in [1.29, 1.82) is 0 Å². The maximum atomic E-state index is 6.21. The number of benzene rings is 1. The Morgan fingerprint density at radius 2 is 1.76 bits per heavy atom. The minimum Gasteiger partial charge on any atom is -0.469 e. The van der Waals surface area contributed by atoms with Gasteiger partial charge >= 0.3 is 0 Å². The van der Waals surface area contributed by atoms with Crippen LogP contribution in [0.15, 0.2) is 34.9 Å². The molecular formula is C15H19NO. The van der Waals surface area contributed by atoms with Crippen molar-refractivity contribution in [1.82, 2.24) is 0 Å². The van der Waals surface area contributed by atoms with Gasteiger partial charge in [0.05, 0.1) is 6.26 Å². The highest BCUT2D eigenvalue weighted by Gasteiger charge is 2.12. The molecule has 0 aliphatic heterocycles. The molecule has 1 heterocycles. The van der Waals surface area contributed by atoms with E-state index in [4.69, 9.17) is 10.2 Å². The summed E-state index contributed by atoms with van der Waals surface area (Å²) in [5, 5.41) is 0. The molecule has 2 N–H and O–H groups in total. The molecule has 90 valence electrons. The van der Waals surface area contributed by atoms with Gasteiger partial charge in [-0.3, -0.25) is 0 Å². The van der Waals surface area contributed by atoms with E-state index in [0.29, 0.717) is 0 Å². The lowest BCUT2D eigenvalue weighted by atomic mass is 9.97. The van der Waals surface area contributed by atoms with E-state index >= 15 is 0 Å². The van der Waals surface area contributed by atoms with Crippen molar-refractivity contribution in [2.24, 2.45) is 5.73 Å². The zero-order valence-electron chi connectivity index (χ0n) is 10.7. The fourth-order valence-electron chi connectivity index (χ4n) is 2.33. The Kier molecular flexibility index (Phi) is 3.34. The van der Waals surface area contributed by atoms with Crippen LogP contribution in [0.1, 0.15) is 34.1 Å². The van der Waals surface area contributed by atoms with E-state index < -0.39 is 0 Å². The van der Waals surface area contributed by atoms with Crippen molar-refractivity contribution in [2.45, 2.75) is 33.2 Å². The average Bonchev–Trinajstić information content (AvgIpc) is 2.62. The Morgan fingerprint density at radius 1 is 1.12 bits per heavy atom. The molecule has 2 rings (SSSR count). The highest BCUT2D eigenvalue weighted by Crippen LogP contribution is 2.21. The van der Waals surface area contributed by atoms with Crippen molar-refractivity contribution >= 4 is 0 Å². The average molecular weight is 229 g/mol. The highest BCUT2D eigenvalue weighted by atomic mass is 16.3. The second-order valence-electron chi connectivity index (χ2n) is 4.74. The van der Waals surface area contributed by atoms with Gasteiger partial charge in [-0.05, 0) is 38.8 Å². The van der Waals surface area contributed by atoms with Gasteiger partial charge < -0.3 is 10.2 Å². The first-order chi connectivity index (χ1) is 8.06. The van der Waals surface area contributed by atoms with Crippen LogP contribution in [0.25, 0.3) is 0 Å². The maximum Gasteiger partial charge on any atom is 0.105 e. The van der Waals surface area contributed by atoms with Crippen LogP contribution in [-0.4, -0.2) is 0 Å². The van der Waals surface area contributed by atoms with Crippen molar-refractivity contribution in [2.75, 3.05) is 0 Å². The van der Waals surface area contributed by atoms with Gasteiger partial charge in [0.1, 0.15) is 5.76 Å². The molecule has 1 aromatic carbocycles. The van der Waals surface area contributed by atoms with Crippen LogP contribution in [0.5, 0.6) is 0 Å². The zero-order chi connectivity index (χ0) is 12.4. The zero-order valence-corrected chi connectivity index (χ0v) is 10.7. The third-order valence-corrected chi connectivity index (χ3v) is 3.04. The Morgan fingerprint density at radius 3 is 2.29 bits per heavy atom. The van der Waals surface area contributed by atoms with Crippen LogP contribution >= 0.6 is 0 Å². The van der Waals surface area contributed by atoms with Crippen LogP contribution in [-0.2, 0) is 6.42 Å². The highest BCUT2D eigenvalue weighted by molar-refractivity contribution is 5.31. The minimum atomic E-state index is 0.00921. The van der Waals surface area contributed by atoms with E-state index in [9.17, 15) is 0 Å². The number of rotatable bonds is 3. The summed E-state index contributed by atoms with van der Waals surface area (Å²) in [6, 6.07) is 8.54. The van der Waals surface area contributed by atoms with E-state index in [1.165, 1.54) is 16.7 Å². The standard InChI is InChI=1S/C15H19NO/c1-10-6-11(2)8-13(7-10)9-15(16)14-4-5-17-12(14)3/h4-8,15H,9,16H2,1-3H3. The van der Waals surface area contributed by atoms with Crippen molar-refractivity contribution in [3.05, 3.63) is 58.5 Å². The fourth-order valence-corrected chi connectivity index (χ4v) is 2.33. The third kappa shape index (κ3) is 2.77. The minimum absolute atomic E-state index is 0.00921. The topological polar surface area (TPSA) is 39.2 Å². The molecule has 17 heavy (non-hydrogen) atoms. The molecule has 0 spiro atoms. The Labute approximate surface area is 102 Å². The summed E-state index contributed by atoms with van der Waals surface area (Å²) >= 11 is 0. The van der Waals surface area contributed by atoms with E-state index in [-0.39, 0.29) is 6.04 Å². The van der Waals surface area contributed by atoms with Crippen LogP contribution < -0.4 is 5.73 Å². The second kappa shape index (κ2) is 4.76. The lowest BCUT2D eigenvalue weighted by Crippen LogP contribution is -2.13. The normalized spacial score (nSPS) is 12.7. The molecule has 1 atom stereocenters. The quantitative estimate of drug-likeness (QED) is 0.875. The van der Waals surface area contributed by atoms with Gasteiger partial charge in [-0.15, -0.1) is 0 Å². The number of nitrogens with two attached hydrogens (primary N) is 1. The van der Waals surface area contributed by atoms with Gasteiger partial charge in [0.2, 0.25) is 0 Å². The lowest BCUT2D eigenvalue weighted by molar-refractivity contribution is 0.524. The van der Waals surface area contributed by atoms with Gasteiger partial charge in [-0.1, -0.05) is 29.3 Å². The first-order valence-corrected chi connectivity index (χ1v) is 5.93. The molecule has 0 saturated heterocycles. The first kappa shape index (κ1) is 11.9. The maximum absolute atomic E-state index is 6.21. The van der Waals surface area contributed by atoms with E-state index in [1.54, 1.807) is 6.26 Å². The molecule has 2 heteroatoms. The van der Waals surface area contributed by atoms with Crippen LogP contribution in [0, 0.1) is 20.8 Å². The predicted molar refractivity (Wildman–Crippen MR) is 70.0 cm³/mol. The van der Waals surface area contributed by atoms with Crippen LogP contribution in [0.3, 0.4) is 0 Å². The first-order valence-electron chi connectivity index (χ1n) is 5.93. The molecule has 2 aromatic rings. The SMILES string of the molecule is Cc1cc(C)cc(CC(N)c2ccoc2C)c1. The lowest BCUT2D eigenvalue weighted by Gasteiger charge is -2.12. The summed E-state index contributed by atoms with van der Waals surface area (Å²) in [4.78, 5) is 0. The van der Waals surface area contributed by atoms with Gasteiger partial charge in [-0.25, -0.2) is 0 Å². The predicted octanol–water partition coefficient (Wildman–Crippen LogP) is 3.45. The molecule has 0 radical (unpaired) electrons. The monoisotopic (exact) mass is 229 g/mol. The molecule has 0 fully saturated rings. The molecule has 0 aliphatic rings. The smallest absolute Gasteiger partial charge is 0.105 e. The van der Waals surface area contributed by atoms with Crippen molar-refractivity contribution in [3.8, 4) is 0 Å². The van der Waals surface area contributed by atoms with Crippen molar-refractivity contribution in [3.63, 3.8) is 0 Å². The Balaban J connectivity index is 2.18. The Bertz CT molecular complexity index is 493. The molecule has 2 nitrogen and oxygen atoms in total. The van der Waals surface area contributed by atoms with Gasteiger partial charge in [0.15, 0.2) is 0 Å². The number of aryl methyl sites for hydroxylation is 3. The van der Waals surface area contributed by atoms with Crippen molar-refractivity contribution < 1.29 is 4.42 Å². The summed E-state index contributed by atoms with van der Waals surface area (Å²) < 4.78 is 5.29. The molecule has 0 aliphatic carbocycles. The molecule has 1 aromatic heterocycles. The van der Waals surface area contributed by atoms with Gasteiger partial charge in [-0.2, -0.15) is 0 Å². The largest absolute Gasteiger partial charge is 0.469 e. The second-order valence-corrected chi connectivity index (χ2v) is 4.74. The number of hydrogen-bond donors (Lipinski definition) is 1. The van der Waals surface area contributed by atoms with Crippen LogP contribution in [0.4, 0.5) is 0 Å². The summed E-state index contributed by atoms with van der Waals surface area (Å²) in [7, 11) is 0. The van der Waals surface area contributed by atoms with Crippen LogP contribution in [0.2, 0.25) is 0 Å². The summed E-state index contributed by atoms with van der Waals surface area (Å²) in [5.41, 5.74) is 11.2. The van der Waals surface area contributed by atoms with Gasteiger partial charge in [0.25, 0.3) is 0 Å². The summed E-state index contributed by atoms with van der Waals surface area (Å²) in [6.07, 6.45) is 2.55. The molecule has 0 amide bonds. The number of furan rings is 1. The van der Waals surface area contributed by atoms with Gasteiger partial charge in [0, 0.05) is 11.6 Å². The Hall–Kier alpha value is -1.54. The van der Waals surface area contributed by atoms with E-state index in [1.807, 2.05) is 13.0 Å². The van der Waals surface area contributed by atoms with E-state index in [0.717, 1.165) is 17.7 Å². The summed E-state index contributed by atoms with van der Waals surface area (Å²) in [5.74, 6) is 0.918. The summed E-state index contributed by atoms with van der Waals surface area (Å²) in [6.45, 7) is 6.19. The third-order valence-electron chi connectivity index (χ3n) is 3.04. The fraction of sp³-hybridized carbons (Fsp3) is 0.333. The molecule has 0 bridgehead atoms. The van der Waals surface area contributed by atoms with E-state index in [2.05, 4.69) is 32.0 Å². The molecular weight excluding hydrogens is 210 g/mol. The molecule has 0 saturated carbocycles.